The number of nitrogens with one attached hydrogen (secondary N) is 1. The molecular formula is C28H41N3O5S. The molecule has 2 aromatic carbocycles. The summed E-state index contributed by atoms with van der Waals surface area (Å²) < 4.78 is 31.7. The van der Waals surface area contributed by atoms with Crippen LogP contribution >= 0.6 is 0 Å². The first-order valence-electron chi connectivity index (χ1n) is 12.9. The molecule has 0 aliphatic heterocycles. The minimum Gasteiger partial charge on any atom is -0.494 e. The maximum Gasteiger partial charge on any atom is 0.242 e. The summed E-state index contributed by atoms with van der Waals surface area (Å²) in [5.41, 5.74) is 1.59. The molecule has 0 spiro atoms. The number of ether oxygens (including phenoxy) is 1. The first kappa shape index (κ1) is 30.2. The molecule has 8 nitrogen and oxygen atoms in total. The van der Waals surface area contributed by atoms with Crippen molar-refractivity contribution in [3.05, 3.63) is 60.2 Å². The molecule has 0 saturated heterocycles. The van der Waals surface area contributed by atoms with Gasteiger partial charge in [0.2, 0.25) is 21.8 Å². The maximum absolute atomic E-state index is 13.3. The van der Waals surface area contributed by atoms with Crippen LogP contribution in [-0.4, -0.2) is 63.2 Å². The van der Waals surface area contributed by atoms with Crippen molar-refractivity contribution in [1.29, 1.82) is 0 Å². The molecule has 2 amide bonds. The molecule has 0 fully saturated rings. The lowest BCUT2D eigenvalue weighted by atomic mass is 10.1. The van der Waals surface area contributed by atoms with Crippen molar-refractivity contribution in [2.24, 2.45) is 0 Å². The van der Waals surface area contributed by atoms with Crippen LogP contribution in [0.4, 0.5) is 5.69 Å². The third-order valence-electron chi connectivity index (χ3n) is 6.24. The van der Waals surface area contributed by atoms with E-state index in [0.717, 1.165) is 18.2 Å². The molecule has 37 heavy (non-hydrogen) atoms. The predicted molar refractivity (Wildman–Crippen MR) is 148 cm³/mol. The average molecular weight is 532 g/mol. The number of hydrogen-bond acceptors (Lipinski definition) is 5. The minimum atomic E-state index is -3.55. The highest BCUT2D eigenvalue weighted by atomic mass is 32.2. The number of nitrogens with zero attached hydrogens (tertiary/aromatic N) is 2. The van der Waals surface area contributed by atoms with Gasteiger partial charge in [-0.2, -0.15) is 0 Å². The van der Waals surface area contributed by atoms with E-state index in [1.54, 1.807) is 36.1 Å². The number of anilines is 1. The van der Waals surface area contributed by atoms with Gasteiger partial charge in [-0.15, -0.1) is 0 Å². The summed E-state index contributed by atoms with van der Waals surface area (Å²) in [5, 5.41) is 2.96. The van der Waals surface area contributed by atoms with Crippen molar-refractivity contribution in [3.8, 4) is 5.75 Å². The van der Waals surface area contributed by atoms with Gasteiger partial charge >= 0.3 is 0 Å². The normalized spacial score (nSPS) is 12.9. The number of sulfonamides is 1. The Morgan fingerprint density at radius 2 is 1.62 bits per heavy atom. The first-order valence-corrected chi connectivity index (χ1v) is 14.8. The monoisotopic (exact) mass is 531 g/mol. The molecule has 9 heteroatoms. The number of amides is 2. The molecule has 204 valence electrons. The van der Waals surface area contributed by atoms with Gasteiger partial charge in [-0.05, 0) is 69.9 Å². The number of carbonyl (C=O) groups is 2. The van der Waals surface area contributed by atoms with Crippen molar-refractivity contribution in [1.82, 2.24) is 10.2 Å². The second-order valence-corrected chi connectivity index (χ2v) is 11.1. The summed E-state index contributed by atoms with van der Waals surface area (Å²) in [7, 11) is -3.55. The summed E-state index contributed by atoms with van der Waals surface area (Å²) in [5.74, 6) is 0.291. The second-order valence-electron chi connectivity index (χ2n) is 9.18. The highest BCUT2D eigenvalue weighted by Crippen LogP contribution is 2.22. The van der Waals surface area contributed by atoms with E-state index in [1.807, 2.05) is 51.1 Å². The van der Waals surface area contributed by atoms with E-state index in [-0.39, 0.29) is 30.8 Å². The zero-order valence-corrected chi connectivity index (χ0v) is 23.5. The lowest BCUT2D eigenvalue weighted by Crippen LogP contribution is -2.50. The van der Waals surface area contributed by atoms with Crippen LogP contribution in [0.1, 0.15) is 52.5 Å². The average Bonchev–Trinajstić information content (AvgIpc) is 2.87. The van der Waals surface area contributed by atoms with Gasteiger partial charge in [-0.1, -0.05) is 37.3 Å². The van der Waals surface area contributed by atoms with Crippen LogP contribution in [0, 0.1) is 0 Å². The van der Waals surface area contributed by atoms with E-state index in [4.69, 9.17) is 4.74 Å². The van der Waals surface area contributed by atoms with Crippen molar-refractivity contribution >= 4 is 27.5 Å². The van der Waals surface area contributed by atoms with Crippen molar-refractivity contribution < 1.29 is 22.7 Å². The fraction of sp³-hybridized carbons (Fsp3) is 0.500. The molecule has 2 atom stereocenters. The third-order valence-corrected chi connectivity index (χ3v) is 7.43. The van der Waals surface area contributed by atoms with E-state index in [9.17, 15) is 18.0 Å². The highest BCUT2D eigenvalue weighted by Gasteiger charge is 2.27. The van der Waals surface area contributed by atoms with E-state index >= 15 is 0 Å². The minimum absolute atomic E-state index is 0.0125. The molecule has 0 saturated carbocycles. The Hall–Kier alpha value is -3.07. The Bertz CT molecular complexity index is 1090. The van der Waals surface area contributed by atoms with Crippen LogP contribution in [0.25, 0.3) is 0 Å². The Kier molecular flexibility index (Phi) is 11.9. The molecule has 0 unspecified atom stereocenters. The SMILES string of the molecule is CCOc1ccc(N(CCCC(=O)N(CCc2ccccc2)[C@H](C)C(=O)N[C@H](C)CC)S(C)(=O)=O)cc1. The molecule has 0 aromatic heterocycles. The molecule has 0 aliphatic carbocycles. The van der Waals surface area contributed by atoms with Gasteiger partial charge in [0, 0.05) is 25.6 Å². The van der Waals surface area contributed by atoms with Crippen LogP contribution in [0.15, 0.2) is 54.6 Å². The van der Waals surface area contributed by atoms with Gasteiger partial charge in [0.05, 0.1) is 18.6 Å². The lowest BCUT2D eigenvalue weighted by Gasteiger charge is -2.30. The van der Waals surface area contributed by atoms with Crippen LogP contribution in [0.3, 0.4) is 0 Å². The van der Waals surface area contributed by atoms with E-state index in [2.05, 4.69) is 5.32 Å². The largest absolute Gasteiger partial charge is 0.494 e. The summed E-state index contributed by atoms with van der Waals surface area (Å²) >= 11 is 0. The Balaban J connectivity index is 2.10. The van der Waals surface area contributed by atoms with Crippen LogP contribution < -0.4 is 14.4 Å². The molecule has 1 N–H and O–H groups in total. The summed E-state index contributed by atoms with van der Waals surface area (Å²) in [6.45, 7) is 8.61. The fourth-order valence-corrected chi connectivity index (χ4v) is 4.88. The fourth-order valence-electron chi connectivity index (χ4n) is 3.91. The number of carbonyl (C=O) groups excluding carboxylic acids is 2. The molecule has 2 rings (SSSR count). The topological polar surface area (TPSA) is 96.0 Å². The van der Waals surface area contributed by atoms with Crippen molar-refractivity contribution in [2.75, 3.05) is 30.3 Å². The smallest absolute Gasteiger partial charge is 0.242 e. The Morgan fingerprint density at radius 3 is 2.19 bits per heavy atom. The standard InChI is InChI=1S/C28H41N3O5S/c1-6-22(3)29-28(33)23(4)30(21-19-24-12-9-8-10-13-24)27(32)14-11-20-31(37(5,34)35)25-15-17-26(18-16-25)36-7-2/h8-10,12-13,15-18,22-23H,6-7,11,14,19-21H2,1-5H3,(H,29,33)/t22-,23-/m1/s1. The quantitative estimate of drug-likeness (QED) is 0.375. The number of benzene rings is 2. The van der Waals surface area contributed by atoms with Gasteiger partial charge in [0.25, 0.3) is 0 Å². The van der Waals surface area contributed by atoms with Gasteiger partial charge in [0.15, 0.2) is 0 Å². The zero-order chi connectivity index (χ0) is 27.4. The highest BCUT2D eigenvalue weighted by molar-refractivity contribution is 7.92. The maximum atomic E-state index is 13.3. The van der Waals surface area contributed by atoms with E-state index < -0.39 is 16.1 Å². The summed E-state index contributed by atoms with van der Waals surface area (Å²) in [6, 6.07) is 16.0. The van der Waals surface area contributed by atoms with E-state index in [0.29, 0.717) is 37.4 Å². The number of rotatable bonds is 15. The zero-order valence-electron chi connectivity index (χ0n) is 22.6. The molecule has 0 heterocycles. The molecule has 0 bridgehead atoms. The van der Waals surface area contributed by atoms with Crippen LogP contribution in [0.5, 0.6) is 5.75 Å². The Morgan fingerprint density at radius 1 is 0.973 bits per heavy atom. The molecule has 2 aromatic rings. The third kappa shape index (κ3) is 9.72. The summed E-state index contributed by atoms with van der Waals surface area (Å²) in [4.78, 5) is 27.8. The second kappa shape index (κ2) is 14.6. The molecule has 0 radical (unpaired) electrons. The van der Waals surface area contributed by atoms with Crippen molar-refractivity contribution in [3.63, 3.8) is 0 Å². The number of hydrogen-bond donors (Lipinski definition) is 1. The van der Waals surface area contributed by atoms with Crippen LogP contribution in [-0.2, 0) is 26.0 Å². The van der Waals surface area contributed by atoms with Gasteiger partial charge in [-0.3, -0.25) is 13.9 Å². The van der Waals surface area contributed by atoms with Gasteiger partial charge in [-0.25, -0.2) is 8.42 Å². The van der Waals surface area contributed by atoms with Crippen molar-refractivity contribution in [2.45, 2.75) is 65.5 Å². The first-order chi connectivity index (χ1) is 17.6. The van der Waals surface area contributed by atoms with Crippen LogP contribution in [0.2, 0.25) is 0 Å². The lowest BCUT2D eigenvalue weighted by molar-refractivity contribution is -0.140. The predicted octanol–water partition coefficient (Wildman–Crippen LogP) is 4.01. The van der Waals surface area contributed by atoms with Gasteiger partial charge < -0.3 is 15.0 Å². The summed E-state index contributed by atoms with van der Waals surface area (Å²) in [6.07, 6.45) is 3.01. The molecule has 0 aliphatic rings. The molecular weight excluding hydrogens is 490 g/mol. The Labute approximate surface area is 222 Å². The van der Waals surface area contributed by atoms with Gasteiger partial charge in [0.1, 0.15) is 11.8 Å². The van der Waals surface area contributed by atoms with E-state index in [1.165, 1.54) is 4.31 Å².